The van der Waals surface area contributed by atoms with Crippen molar-refractivity contribution in [3.63, 3.8) is 0 Å². The van der Waals surface area contributed by atoms with E-state index < -0.39 is 58.7 Å². The summed E-state index contributed by atoms with van der Waals surface area (Å²) in [5, 5.41) is 9.98. The molecule has 0 aliphatic carbocycles. The highest BCUT2D eigenvalue weighted by Crippen LogP contribution is 2.66. The third kappa shape index (κ3) is 7.04. The molecule has 0 radical (unpaired) electrons. The Labute approximate surface area is 160 Å². The van der Waals surface area contributed by atoms with Crippen molar-refractivity contribution in [3.05, 3.63) is 33.1 Å². The molecule has 0 saturated carbocycles. The first-order valence-corrected chi connectivity index (χ1v) is 12.7. The monoisotopic (exact) mass is 484 g/mol. The van der Waals surface area contributed by atoms with Gasteiger partial charge >= 0.3 is 28.1 Å². The molecule has 1 aromatic rings. The average molecular weight is 484 g/mol. The molecule has 0 spiro atoms. The molecule has 2 rings (SSSR count). The highest BCUT2D eigenvalue weighted by Gasteiger charge is 2.40. The van der Waals surface area contributed by atoms with Crippen LogP contribution >= 0.6 is 22.4 Å². The van der Waals surface area contributed by atoms with Crippen LogP contribution in [-0.2, 0) is 38.8 Å². The minimum Gasteiger partial charge on any atom is -0.390 e. The van der Waals surface area contributed by atoms with Gasteiger partial charge in [0.2, 0.25) is 0 Å². The van der Waals surface area contributed by atoms with E-state index in [1.54, 1.807) is 0 Å². The van der Waals surface area contributed by atoms with E-state index in [4.69, 9.17) is 23.9 Å². The molecule has 1 fully saturated rings. The van der Waals surface area contributed by atoms with Crippen LogP contribution in [0.3, 0.4) is 0 Å². The molecule has 0 aromatic carbocycles. The number of ether oxygens (including phenoxy) is 1. The van der Waals surface area contributed by atoms with Gasteiger partial charge in [-0.1, -0.05) is 0 Å². The van der Waals surface area contributed by atoms with Gasteiger partial charge in [0.1, 0.15) is 12.3 Å². The molecular formula is C9H15N2O13P3S. The number of hydrogen-bond donors (Lipinski definition) is 6. The van der Waals surface area contributed by atoms with Crippen LogP contribution in [0.4, 0.5) is 0 Å². The summed E-state index contributed by atoms with van der Waals surface area (Å²) in [6.45, 7) is -5.21. The maximum absolute atomic E-state index is 11.7. The van der Waals surface area contributed by atoms with Gasteiger partial charge in [-0.05, 0) is 11.8 Å². The predicted octanol–water partition coefficient (Wildman–Crippen LogP) is -1.36. The second-order valence-corrected chi connectivity index (χ2v) is 11.1. The van der Waals surface area contributed by atoms with Crippen molar-refractivity contribution < 1.29 is 51.7 Å². The zero-order valence-corrected chi connectivity index (χ0v) is 17.0. The highest BCUT2D eigenvalue weighted by molar-refractivity contribution is 8.08. The fourth-order valence-electron chi connectivity index (χ4n) is 2.16. The van der Waals surface area contributed by atoms with Crippen LogP contribution in [0, 0.1) is 0 Å². The number of aliphatic hydroxyl groups is 1. The summed E-state index contributed by atoms with van der Waals surface area (Å²) in [4.78, 5) is 60.7. The van der Waals surface area contributed by atoms with Gasteiger partial charge in [0, 0.05) is 18.7 Å². The van der Waals surface area contributed by atoms with Crippen LogP contribution in [0.2, 0.25) is 0 Å². The van der Waals surface area contributed by atoms with E-state index in [2.05, 4.69) is 20.4 Å². The van der Waals surface area contributed by atoms with Crippen molar-refractivity contribution in [2.24, 2.45) is 0 Å². The number of aromatic nitrogens is 2. The summed E-state index contributed by atoms with van der Waals surface area (Å²) in [6, 6.07) is 1.06. The van der Waals surface area contributed by atoms with Crippen LogP contribution < -0.4 is 11.2 Å². The molecular weight excluding hydrogens is 469 g/mol. The molecule has 5 atom stereocenters. The SMILES string of the molecule is O=c1ccn(C2CC(O)C(COP(O)(=S)OP(=O)(O)OP(=O)(O)O)O2)c(=O)[nH]1. The second kappa shape index (κ2) is 8.66. The number of hydrogen-bond acceptors (Lipinski definition) is 10. The third-order valence-corrected chi connectivity index (χ3v) is 7.90. The lowest BCUT2D eigenvalue weighted by atomic mass is 10.2. The molecule has 6 N–H and O–H groups in total. The number of nitrogens with one attached hydrogen (secondary N) is 1. The van der Waals surface area contributed by atoms with Crippen LogP contribution in [0.25, 0.3) is 0 Å². The summed E-state index contributed by atoms with van der Waals surface area (Å²) in [5.41, 5.74) is -1.43. The molecule has 160 valence electrons. The molecule has 1 aromatic heterocycles. The highest BCUT2D eigenvalue weighted by atomic mass is 32.5. The lowest BCUT2D eigenvalue weighted by molar-refractivity contribution is -0.0426. The summed E-state index contributed by atoms with van der Waals surface area (Å²) >= 11 is 4.44. The Morgan fingerprint density at radius 3 is 2.46 bits per heavy atom. The van der Waals surface area contributed by atoms with Gasteiger partial charge in [0.25, 0.3) is 5.56 Å². The number of aromatic amines is 1. The molecule has 15 nitrogen and oxygen atoms in total. The lowest BCUT2D eigenvalue weighted by Crippen LogP contribution is -2.31. The van der Waals surface area contributed by atoms with Crippen molar-refractivity contribution >= 4 is 34.2 Å². The summed E-state index contributed by atoms with van der Waals surface area (Å²) in [7, 11) is -10.9. The standard InChI is InChI=1S/C9H15N2O13P3S/c12-5-3-8(11-2-1-7(13)10-9(11)14)22-6(5)4-21-27(20,28)24-26(18,19)23-25(15,16)17/h1-2,5-6,8,12H,3-4H2,(H,18,19)(H,20,28)(H,10,13,14)(H2,15,16,17). The quantitative estimate of drug-likeness (QED) is 0.234. The molecule has 1 saturated heterocycles. The first-order chi connectivity index (χ1) is 12.7. The third-order valence-electron chi connectivity index (χ3n) is 3.18. The van der Waals surface area contributed by atoms with Crippen LogP contribution in [-0.4, -0.2) is 53.0 Å². The second-order valence-electron chi connectivity index (χ2n) is 5.34. The molecule has 1 aliphatic rings. The van der Waals surface area contributed by atoms with Crippen molar-refractivity contribution in [3.8, 4) is 0 Å². The first-order valence-electron chi connectivity index (χ1n) is 7.11. The normalized spacial score (nSPS) is 27.2. The van der Waals surface area contributed by atoms with Gasteiger partial charge in [-0.2, -0.15) is 4.31 Å². The van der Waals surface area contributed by atoms with Gasteiger partial charge in [0.05, 0.1) is 12.7 Å². The van der Waals surface area contributed by atoms with E-state index in [9.17, 15) is 28.7 Å². The first kappa shape index (κ1) is 23.7. The molecule has 0 amide bonds. The smallest absolute Gasteiger partial charge is 0.390 e. The molecule has 5 unspecified atom stereocenters. The Morgan fingerprint density at radius 1 is 1.25 bits per heavy atom. The Kier molecular flexibility index (Phi) is 7.33. The van der Waals surface area contributed by atoms with E-state index >= 15 is 0 Å². The average Bonchev–Trinajstić information content (AvgIpc) is 2.82. The van der Waals surface area contributed by atoms with Gasteiger partial charge in [-0.3, -0.25) is 14.3 Å². The Bertz CT molecular complexity index is 970. The molecule has 2 heterocycles. The van der Waals surface area contributed by atoms with Crippen LogP contribution in [0.1, 0.15) is 12.6 Å². The Balaban J connectivity index is 1.99. The maximum atomic E-state index is 11.7. The fourth-order valence-corrected chi connectivity index (χ4v) is 6.13. The molecule has 0 bridgehead atoms. The van der Waals surface area contributed by atoms with E-state index in [0.717, 1.165) is 16.8 Å². The summed E-state index contributed by atoms with van der Waals surface area (Å²) < 4.78 is 40.6. The minimum atomic E-state index is -5.46. The van der Waals surface area contributed by atoms with Gasteiger partial charge in [-0.15, -0.1) is 0 Å². The van der Waals surface area contributed by atoms with Gasteiger partial charge in [-0.25, -0.2) is 18.2 Å². The number of H-pyrrole nitrogens is 1. The maximum Gasteiger partial charge on any atom is 0.488 e. The summed E-state index contributed by atoms with van der Waals surface area (Å²) in [5.74, 6) is 0. The summed E-state index contributed by atoms with van der Waals surface area (Å²) in [6.07, 6.45) is -2.33. The zero-order chi connectivity index (χ0) is 21.3. The zero-order valence-electron chi connectivity index (χ0n) is 13.5. The Morgan fingerprint density at radius 2 is 1.89 bits per heavy atom. The molecule has 1 aliphatic heterocycles. The van der Waals surface area contributed by atoms with E-state index in [0.29, 0.717) is 0 Å². The van der Waals surface area contributed by atoms with Crippen molar-refractivity contribution in [1.29, 1.82) is 0 Å². The van der Waals surface area contributed by atoms with Gasteiger partial charge in [0.15, 0.2) is 0 Å². The molecule has 19 heteroatoms. The van der Waals surface area contributed by atoms with E-state index in [1.165, 1.54) is 0 Å². The number of nitrogens with zero attached hydrogens (tertiary/aromatic N) is 1. The largest absolute Gasteiger partial charge is 0.488 e. The van der Waals surface area contributed by atoms with E-state index in [1.807, 2.05) is 4.98 Å². The lowest BCUT2D eigenvalue weighted by Gasteiger charge is -2.21. The van der Waals surface area contributed by atoms with Crippen LogP contribution in [0.5, 0.6) is 0 Å². The topological polar surface area (TPSA) is 227 Å². The molecule has 28 heavy (non-hydrogen) atoms. The van der Waals surface area contributed by atoms with Crippen LogP contribution in [0.15, 0.2) is 21.9 Å². The Hall–Kier alpha value is -0.570. The fraction of sp³-hybridized carbons (Fsp3) is 0.556. The number of rotatable bonds is 8. The number of aliphatic hydroxyl groups excluding tert-OH is 1. The van der Waals surface area contributed by atoms with Crippen molar-refractivity contribution in [2.45, 2.75) is 24.9 Å². The van der Waals surface area contributed by atoms with Gasteiger partial charge < -0.3 is 33.9 Å². The van der Waals surface area contributed by atoms with E-state index in [-0.39, 0.29) is 6.42 Å². The van der Waals surface area contributed by atoms with Crippen molar-refractivity contribution in [2.75, 3.05) is 6.61 Å². The van der Waals surface area contributed by atoms with Crippen molar-refractivity contribution in [1.82, 2.24) is 9.55 Å². The predicted molar refractivity (Wildman–Crippen MR) is 92.4 cm³/mol. The minimum absolute atomic E-state index is 0.102. The number of phosphoric acid groups is 2.